The Morgan fingerprint density at radius 2 is 1.82 bits per heavy atom. The Morgan fingerprint density at radius 1 is 1.11 bits per heavy atom. The molecular weight excluding hydrogens is 358 g/mol. The van der Waals surface area contributed by atoms with Crippen LogP contribution in [-0.2, 0) is 14.9 Å². The summed E-state index contributed by atoms with van der Waals surface area (Å²) in [7, 11) is 1.57. The Labute approximate surface area is 163 Å². The second-order valence-corrected chi connectivity index (χ2v) is 7.42. The van der Waals surface area contributed by atoms with Crippen molar-refractivity contribution in [1.82, 2.24) is 0 Å². The number of fused-ring (bicyclic) bond motifs is 2. The van der Waals surface area contributed by atoms with Crippen LogP contribution in [0, 0.1) is 0 Å². The van der Waals surface area contributed by atoms with Crippen LogP contribution >= 0.6 is 0 Å². The number of ether oxygens (including phenoxy) is 2. The van der Waals surface area contributed by atoms with Crippen molar-refractivity contribution in [1.29, 1.82) is 0 Å². The van der Waals surface area contributed by atoms with Gasteiger partial charge in [0.2, 0.25) is 5.91 Å². The molecule has 4 rings (SSSR count). The first-order valence-corrected chi connectivity index (χ1v) is 9.23. The van der Waals surface area contributed by atoms with Crippen LogP contribution in [0.3, 0.4) is 0 Å². The van der Waals surface area contributed by atoms with Gasteiger partial charge >= 0.3 is 5.97 Å². The third-order valence-corrected chi connectivity index (χ3v) is 5.30. The molecule has 0 bridgehead atoms. The van der Waals surface area contributed by atoms with E-state index in [1.54, 1.807) is 26.2 Å². The zero-order valence-corrected chi connectivity index (χ0v) is 16.3. The highest BCUT2D eigenvalue weighted by Gasteiger charge is 2.40. The first kappa shape index (κ1) is 18.2. The zero-order valence-electron chi connectivity index (χ0n) is 16.3. The van der Waals surface area contributed by atoms with Gasteiger partial charge in [0.15, 0.2) is 0 Å². The van der Waals surface area contributed by atoms with Gasteiger partial charge in [-0.1, -0.05) is 6.07 Å². The van der Waals surface area contributed by atoms with Crippen molar-refractivity contribution in [2.24, 2.45) is 0 Å². The van der Waals surface area contributed by atoms with Crippen LogP contribution in [0.25, 0.3) is 0 Å². The molecule has 0 saturated heterocycles. The van der Waals surface area contributed by atoms with E-state index in [0.29, 0.717) is 17.9 Å². The highest BCUT2D eigenvalue weighted by Crippen LogP contribution is 2.46. The number of hydrogen-bond acceptors (Lipinski definition) is 6. The van der Waals surface area contributed by atoms with Crippen molar-refractivity contribution in [3.63, 3.8) is 0 Å². The van der Waals surface area contributed by atoms with E-state index in [0.717, 1.165) is 28.2 Å². The second kappa shape index (κ2) is 6.44. The molecule has 2 heterocycles. The van der Waals surface area contributed by atoms with Gasteiger partial charge in [-0.15, -0.1) is 0 Å². The van der Waals surface area contributed by atoms with E-state index < -0.39 is 5.41 Å². The molecule has 7 nitrogen and oxygen atoms in total. The van der Waals surface area contributed by atoms with E-state index in [2.05, 4.69) is 16.0 Å². The summed E-state index contributed by atoms with van der Waals surface area (Å²) in [6, 6.07) is 9.22. The molecule has 0 aromatic heterocycles. The lowest BCUT2D eigenvalue weighted by Gasteiger charge is -2.17. The van der Waals surface area contributed by atoms with E-state index in [1.807, 2.05) is 32.0 Å². The van der Waals surface area contributed by atoms with Crippen LogP contribution in [0.4, 0.5) is 17.1 Å². The number of benzene rings is 2. The fraction of sp³-hybridized carbons (Fsp3) is 0.333. The Balaban J connectivity index is 1.64. The predicted octanol–water partition coefficient (Wildman–Crippen LogP) is 3.64. The quantitative estimate of drug-likeness (QED) is 0.701. The third kappa shape index (κ3) is 2.74. The first-order valence-electron chi connectivity index (χ1n) is 9.23. The number of methoxy groups -OCH3 is 1. The molecule has 2 aromatic carbocycles. The van der Waals surface area contributed by atoms with Crippen molar-refractivity contribution in [2.75, 3.05) is 29.7 Å². The SMILES string of the molecule is CCOC(=O)c1ccc(C2Nc3cc4c(cc3N2)C(C)(C)C(=O)N4)c(OC)c1. The van der Waals surface area contributed by atoms with Crippen LogP contribution in [0.15, 0.2) is 30.3 Å². The summed E-state index contributed by atoms with van der Waals surface area (Å²) in [5.74, 6) is 0.209. The summed E-state index contributed by atoms with van der Waals surface area (Å²) in [5.41, 5.74) is 4.37. The fourth-order valence-corrected chi connectivity index (χ4v) is 3.65. The molecule has 0 radical (unpaired) electrons. The lowest BCUT2D eigenvalue weighted by Crippen LogP contribution is -2.26. The Morgan fingerprint density at radius 3 is 2.50 bits per heavy atom. The first-order chi connectivity index (χ1) is 13.3. The van der Waals surface area contributed by atoms with E-state index in [-0.39, 0.29) is 18.0 Å². The minimum atomic E-state index is -0.566. The lowest BCUT2D eigenvalue weighted by atomic mass is 9.86. The molecule has 0 fully saturated rings. The van der Waals surface area contributed by atoms with Crippen molar-refractivity contribution < 1.29 is 19.1 Å². The van der Waals surface area contributed by atoms with Crippen LogP contribution < -0.4 is 20.7 Å². The van der Waals surface area contributed by atoms with Gasteiger partial charge < -0.3 is 25.4 Å². The maximum atomic E-state index is 12.2. The number of amides is 1. The maximum Gasteiger partial charge on any atom is 0.338 e. The highest BCUT2D eigenvalue weighted by atomic mass is 16.5. The number of carbonyl (C=O) groups excluding carboxylic acids is 2. The summed E-state index contributed by atoms with van der Waals surface area (Å²) in [6.07, 6.45) is -0.220. The molecule has 28 heavy (non-hydrogen) atoms. The fourth-order valence-electron chi connectivity index (χ4n) is 3.65. The summed E-state index contributed by atoms with van der Waals surface area (Å²) >= 11 is 0. The van der Waals surface area contributed by atoms with E-state index in [9.17, 15) is 9.59 Å². The van der Waals surface area contributed by atoms with Gasteiger partial charge in [0, 0.05) is 11.3 Å². The van der Waals surface area contributed by atoms with Crippen molar-refractivity contribution >= 4 is 28.9 Å². The standard InChI is InChI=1S/C21H23N3O4/c1-5-28-19(25)11-6-7-12(17(8-11)27-4)18-22-15-9-13-14(10-16(15)23-18)24-20(26)21(13,2)3/h6-10,18,22-23H,5H2,1-4H3,(H,24,26). The van der Waals surface area contributed by atoms with Gasteiger partial charge in [-0.2, -0.15) is 0 Å². The van der Waals surface area contributed by atoms with Gasteiger partial charge in [-0.05, 0) is 50.6 Å². The van der Waals surface area contributed by atoms with Gasteiger partial charge in [-0.25, -0.2) is 4.79 Å². The van der Waals surface area contributed by atoms with Crippen LogP contribution in [0.2, 0.25) is 0 Å². The van der Waals surface area contributed by atoms with Gasteiger partial charge in [0.1, 0.15) is 11.9 Å². The van der Waals surface area contributed by atoms with Gasteiger partial charge in [0.25, 0.3) is 0 Å². The topological polar surface area (TPSA) is 88.7 Å². The Hall–Kier alpha value is -3.22. The van der Waals surface area contributed by atoms with E-state index in [4.69, 9.17) is 9.47 Å². The van der Waals surface area contributed by atoms with E-state index in [1.165, 1.54) is 0 Å². The summed E-state index contributed by atoms with van der Waals surface area (Å²) < 4.78 is 10.6. The summed E-state index contributed by atoms with van der Waals surface area (Å²) in [4.78, 5) is 24.2. The monoisotopic (exact) mass is 381 g/mol. The van der Waals surface area contributed by atoms with E-state index >= 15 is 0 Å². The average Bonchev–Trinajstić information content (AvgIpc) is 3.18. The van der Waals surface area contributed by atoms with Crippen molar-refractivity contribution in [2.45, 2.75) is 32.4 Å². The Bertz CT molecular complexity index is 984. The molecule has 1 atom stereocenters. The maximum absolute atomic E-state index is 12.2. The van der Waals surface area contributed by atoms with Crippen molar-refractivity contribution in [3.8, 4) is 5.75 Å². The highest BCUT2D eigenvalue weighted by molar-refractivity contribution is 6.07. The second-order valence-electron chi connectivity index (χ2n) is 7.42. The molecule has 0 saturated carbocycles. The van der Waals surface area contributed by atoms with Crippen LogP contribution in [0.1, 0.15) is 48.4 Å². The lowest BCUT2D eigenvalue weighted by molar-refractivity contribution is -0.119. The Kier molecular flexibility index (Phi) is 4.18. The number of anilines is 3. The molecule has 1 unspecified atom stereocenters. The average molecular weight is 381 g/mol. The molecular formula is C21H23N3O4. The number of esters is 1. The number of nitrogens with one attached hydrogen (secondary N) is 3. The van der Waals surface area contributed by atoms with Crippen molar-refractivity contribution in [3.05, 3.63) is 47.0 Å². The van der Waals surface area contributed by atoms with Crippen LogP contribution in [-0.4, -0.2) is 25.6 Å². The number of carbonyl (C=O) groups is 2. The molecule has 0 spiro atoms. The van der Waals surface area contributed by atoms with Gasteiger partial charge in [0.05, 0.1) is 36.1 Å². The zero-order chi connectivity index (χ0) is 20.1. The summed E-state index contributed by atoms with van der Waals surface area (Å²) in [5, 5.41) is 9.79. The predicted molar refractivity (Wildman–Crippen MR) is 107 cm³/mol. The molecule has 7 heteroatoms. The normalized spacial score (nSPS) is 18.4. The minimum Gasteiger partial charge on any atom is -0.496 e. The molecule has 0 aliphatic carbocycles. The van der Waals surface area contributed by atoms with Gasteiger partial charge in [-0.3, -0.25) is 4.79 Å². The molecule has 2 aliphatic rings. The summed E-state index contributed by atoms with van der Waals surface area (Å²) in [6.45, 7) is 5.92. The minimum absolute atomic E-state index is 0.000975. The number of rotatable bonds is 4. The largest absolute Gasteiger partial charge is 0.496 e. The molecule has 146 valence electrons. The molecule has 2 aliphatic heterocycles. The van der Waals surface area contributed by atoms with Crippen LogP contribution in [0.5, 0.6) is 5.75 Å². The molecule has 2 aromatic rings. The molecule has 3 N–H and O–H groups in total. The smallest absolute Gasteiger partial charge is 0.338 e. The third-order valence-electron chi connectivity index (χ3n) is 5.30. The molecule has 1 amide bonds. The number of hydrogen-bond donors (Lipinski definition) is 3.